The number of benzene rings is 2. The molecule has 0 bridgehead atoms. The van der Waals surface area contributed by atoms with Gasteiger partial charge in [-0.3, -0.25) is 9.59 Å². The molecule has 0 N–H and O–H groups in total. The van der Waals surface area contributed by atoms with Crippen LogP contribution in [-0.2, 0) is 10.2 Å². The SMILES string of the molecule is COc1ccc(Br)c(C(=O)N2CCN(C(=O)C(C)(C)c3ccccc3)CC2)c1. The van der Waals surface area contributed by atoms with Gasteiger partial charge in [0.05, 0.1) is 18.1 Å². The summed E-state index contributed by atoms with van der Waals surface area (Å²) in [6.07, 6.45) is 0. The van der Waals surface area contributed by atoms with Crippen molar-refractivity contribution in [1.82, 2.24) is 9.80 Å². The molecule has 2 aromatic carbocycles. The van der Waals surface area contributed by atoms with Crippen LogP contribution in [0.4, 0.5) is 0 Å². The Bertz CT molecular complexity index is 859. The van der Waals surface area contributed by atoms with Crippen molar-refractivity contribution in [2.45, 2.75) is 19.3 Å². The summed E-state index contributed by atoms with van der Waals surface area (Å²) in [5.74, 6) is 0.679. The first kappa shape index (κ1) is 20.4. The number of carbonyl (C=O) groups is 2. The van der Waals surface area contributed by atoms with Gasteiger partial charge in [-0.15, -0.1) is 0 Å². The number of amides is 2. The van der Waals surface area contributed by atoms with E-state index in [-0.39, 0.29) is 11.8 Å². The molecule has 0 radical (unpaired) electrons. The highest BCUT2D eigenvalue weighted by molar-refractivity contribution is 9.10. The molecule has 1 heterocycles. The van der Waals surface area contributed by atoms with Gasteiger partial charge >= 0.3 is 0 Å². The molecule has 0 unspecified atom stereocenters. The van der Waals surface area contributed by atoms with E-state index in [1.807, 2.05) is 61.2 Å². The lowest BCUT2D eigenvalue weighted by atomic mass is 9.83. The Hall–Kier alpha value is -2.34. The van der Waals surface area contributed by atoms with Crippen LogP contribution in [0.1, 0.15) is 29.8 Å². The van der Waals surface area contributed by atoms with Crippen LogP contribution in [-0.4, -0.2) is 54.9 Å². The zero-order chi connectivity index (χ0) is 20.3. The van der Waals surface area contributed by atoms with Gasteiger partial charge in [-0.1, -0.05) is 30.3 Å². The Morgan fingerprint density at radius 2 is 1.57 bits per heavy atom. The summed E-state index contributed by atoms with van der Waals surface area (Å²) < 4.78 is 5.97. The largest absolute Gasteiger partial charge is 0.497 e. The lowest BCUT2D eigenvalue weighted by molar-refractivity contribution is -0.137. The first-order valence-electron chi connectivity index (χ1n) is 9.32. The van der Waals surface area contributed by atoms with Crippen molar-refractivity contribution < 1.29 is 14.3 Å². The number of hydrogen-bond donors (Lipinski definition) is 0. The van der Waals surface area contributed by atoms with Crippen LogP contribution in [0.2, 0.25) is 0 Å². The van der Waals surface area contributed by atoms with E-state index < -0.39 is 5.41 Å². The molecular formula is C22H25BrN2O3. The average Bonchev–Trinajstić information content (AvgIpc) is 2.74. The first-order chi connectivity index (χ1) is 13.3. The molecule has 0 aromatic heterocycles. The predicted octanol–water partition coefficient (Wildman–Crippen LogP) is 3.72. The lowest BCUT2D eigenvalue weighted by Gasteiger charge is -2.39. The summed E-state index contributed by atoms with van der Waals surface area (Å²) in [5, 5.41) is 0. The van der Waals surface area contributed by atoms with E-state index in [0.717, 1.165) is 10.0 Å². The minimum absolute atomic E-state index is 0.0554. The highest BCUT2D eigenvalue weighted by Gasteiger charge is 2.35. The fraction of sp³-hybridized carbons (Fsp3) is 0.364. The number of ether oxygens (including phenoxy) is 1. The van der Waals surface area contributed by atoms with Gasteiger partial charge in [-0.05, 0) is 53.5 Å². The molecule has 5 nitrogen and oxygen atoms in total. The third kappa shape index (κ3) is 4.07. The second kappa shape index (κ2) is 8.35. The van der Waals surface area contributed by atoms with E-state index in [0.29, 0.717) is 37.5 Å². The number of halogens is 1. The molecule has 1 aliphatic rings. The molecule has 0 saturated carbocycles. The minimum Gasteiger partial charge on any atom is -0.497 e. The molecule has 1 saturated heterocycles. The Labute approximate surface area is 174 Å². The Morgan fingerprint density at radius 1 is 0.964 bits per heavy atom. The van der Waals surface area contributed by atoms with E-state index in [2.05, 4.69) is 15.9 Å². The van der Waals surface area contributed by atoms with Gasteiger partial charge < -0.3 is 14.5 Å². The summed E-state index contributed by atoms with van der Waals surface area (Å²) in [4.78, 5) is 29.7. The van der Waals surface area contributed by atoms with Gasteiger partial charge in [0.2, 0.25) is 5.91 Å². The van der Waals surface area contributed by atoms with Gasteiger partial charge in [0, 0.05) is 30.7 Å². The molecule has 1 fully saturated rings. The molecule has 0 spiro atoms. The lowest BCUT2D eigenvalue weighted by Crippen LogP contribution is -2.54. The van der Waals surface area contributed by atoms with Crippen molar-refractivity contribution in [2.24, 2.45) is 0 Å². The van der Waals surface area contributed by atoms with Crippen LogP contribution < -0.4 is 4.74 Å². The van der Waals surface area contributed by atoms with Crippen LogP contribution in [0.3, 0.4) is 0 Å². The molecule has 148 valence electrons. The minimum atomic E-state index is -0.594. The molecule has 0 atom stereocenters. The number of hydrogen-bond acceptors (Lipinski definition) is 3. The van der Waals surface area contributed by atoms with E-state index in [9.17, 15) is 9.59 Å². The Balaban J connectivity index is 1.67. The standard InChI is InChI=1S/C22H25BrN2O3/c1-22(2,16-7-5-4-6-8-16)21(27)25-13-11-24(12-14-25)20(26)18-15-17(28-3)9-10-19(18)23/h4-10,15H,11-14H2,1-3H3. The summed E-state index contributed by atoms with van der Waals surface area (Å²) in [6, 6.07) is 15.2. The topological polar surface area (TPSA) is 49.9 Å². The third-order valence-electron chi connectivity index (χ3n) is 5.29. The molecule has 2 aromatic rings. The number of nitrogens with zero attached hydrogens (tertiary/aromatic N) is 2. The van der Waals surface area contributed by atoms with Crippen molar-refractivity contribution >= 4 is 27.7 Å². The Morgan fingerprint density at radius 3 is 2.18 bits per heavy atom. The predicted molar refractivity (Wildman–Crippen MR) is 113 cm³/mol. The summed E-state index contributed by atoms with van der Waals surface area (Å²) in [6.45, 7) is 5.99. The van der Waals surface area contributed by atoms with Crippen LogP contribution in [0.15, 0.2) is 53.0 Å². The van der Waals surface area contributed by atoms with Gasteiger partial charge in [0.25, 0.3) is 5.91 Å². The van der Waals surface area contributed by atoms with Gasteiger partial charge in [-0.2, -0.15) is 0 Å². The Kier molecular flexibility index (Phi) is 6.08. The summed E-state index contributed by atoms with van der Waals surface area (Å²) >= 11 is 3.45. The second-order valence-electron chi connectivity index (χ2n) is 7.42. The van der Waals surface area contributed by atoms with Gasteiger partial charge in [0.1, 0.15) is 5.75 Å². The fourth-order valence-corrected chi connectivity index (χ4v) is 3.87. The maximum atomic E-state index is 13.1. The van der Waals surface area contributed by atoms with Crippen molar-refractivity contribution in [3.63, 3.8) is 0 Å². The number of methoxy groups -OCH3 is 1. The molecule has 2 amide bonds. The summed E-state index contributed by atoms with van der Waals surface area (Å²) in [7, 11) is 1.58. The summed E-state index contributed by atoms with van der Waals surface area (Å²) in [5.41, 5.74) is 0.978. The third-order valence-corrected chi connectivity index (χ3v) is 5.98. The van der Waals surface area contributed by atoms with Gasteiger partial charge in [-0.25, -0.2) is 0 Å². The number of piperazine rings is 1. The highest BCUT2D eigenvalue weighted by Crippen LogP contribution is 2.27. The molecule has 28 heavy (non-hydrogen) atoms. The van der Waals surface area contributed by atoms with E-state index in [1.54, 1.807) is 18.1 Å². The fourth-order valence-electron chi connectivity index (χ4n) is 3.45. The normalized spacial score (nSPS) is 14.7. The monoisotopic (exact) mass is 444 g/mol. The molecule has 0 aliphatic carbocycles. The zero-order valence-electron chi connectivity index (χ0n) is 16.4. The maximum Gasteiger partial charge on any atom is 0.255 e. The van der Waals surface area contributed by atoms with Crippen molar-refractivity contribution in [3.8, 4) is 5.75 Å². The second-order valence-corrected chi connectivity index (χ2v) is 8.28. The van der Waals surface area contributed by atoms with E-state index in [1.165, 1.54) is 0 Å². The smallest absolute Gasteiger partial charge is 0.255 e. The molecular weight excluding hydrogens is 420 g/mol. The highest BCUT2D eigenvalue weighted by atomic mass is 79.9. The van der Waals surface area contributed by atoms with E-state index >= 15 is 0 Å². The quantitative estimate of drug-likeness (QED) is 0.721. The van der Waals surface area contributed by atoms with Crippen molar-refractivity contribution in [3.05, 3.63) is 64.1 Å². The van der Waals surface area contributed by atoms with Crippen LogP contribution in [0.5, 0.6) is 5.75 Å². The van der Waals surface area contributed by atoms with Crippen LogP contribution >= 0.6 is 15.9 Å². The number of rotatable bonds is 4. The van der Waals surface area contributed by atoms with Gasteiger partial charge in [0.15, 0.2) is 0 Å². The molecule has 3 rings (SSSR count). The maximum absolute atomic E-state index is 13.1. The zero-order valence-corrected chi connectivity index (χ0v) is 18.0. The van der Waals surface area contributed by atoms with Crippen molar-refractivity contribution in [2.75, 3.05) is 33.3 Å². The number of carbonyl (C=O) groups excluding carboxylic acids is 2. The van der Waals surface area contributed by atoms with Crippen LogP contribution in [0, 0.1) is 0 Å². The van der Waals surface area contributed by atoms with Crippen LogP contribution in [0.25, 0.3) is 0 Å². The van der Waals surface area contributed by atoms with E-state index in [4.69, 9.17) is 4.74 Å². The molecule has 1 aliphatic heterocycles. The molecule has 6 heteroatoms. The average molecular weight is 445 g/mol. The van der Waals surface area contributed by atoms with Crippen molar-refractivity contribution in [1.29, 1.82) is 0 Å². The first-order valence-corrected chi connectivity index (χ1v) is 10.1.